The van der Waals surface area contributed by atoms with Crippen molar-refractivity contribution in [3.8, 4) is 11.5 Å². The Hall–Kier alpha value is -0.880. The summed E-state index contributed by atoms with van der Waals surface area (Å²) in [5, 5.41) is 0. The van der Waals surface area contributed by atoms with E-state index in [1.807, 2.05) is 36.4 Å². The Morgan fingerprint density at radius 2 is 1.85 bits per heavy atom. The molecule has 0 saturated heterocycles. The SMILES string of the molecule is CCC(I)c1ccc(Oc2cccc(S(C)=O)c2)cc1. The van der Waals surface area contributed by atoms with Gasteiger partial charge in [0.2, 0.25) is 0 Å². The predicted octanol–water partition coefficient (Wildman–Crippen LogP) is 5.10. The van der Waals surface area contributed by atoms with Gasteiger partial charge in [0.1, 0.15) is 11.5 Å². The molecule has 0 amide bonds. The fraction of sp³-hybridized carbons (Fsp3) is 0.250. The zero-order valence-electron chi connectivity index (χ0n) is 11.5. The standard InChI is InChI=1S/C16H17IO2S/c1-3-16(17)12-7-9-13(10-8-12)19-14-5-4-6-15(11-14)20(2)18/h4-11,16H,3H2,1-2H3. The number of halogens is 1. The Kier molecular flexibility index (Phi) is 5.60. The molecule has 106 valence electrons. The quantitative estimate of drug-likeness (QED) is 0.516. The summed E-state index contributed by atoms with van der Waals surface area (Å²) in [5.41, 5.74) is 1.31. The van der Waals surface area contributed by atoms with Crippen molar-refractivity contribution in [2.24, 2.45) is 0 Å². The first-order valence-corrected chi connectivity index (χ1v) is 9.26. The summed E-state index contributed by atoms with van der Waals surface area (Å²) in [6.45, 7) is 2.18. The lowest BCUT2D eigenvalue weighted by atomic mass is 10.1. The van der Waals surface area contributed by atoms with Gasteiger partial charge in [-0.3, -0.25) is 4.21 Å². The molecule has 2 nitrogen and oxygen atoms in total. The van der Waals surface area contributed by atoms with Gasteiger partial charge in [-0.05, 0) is 42.3 Å². The number of ether oxygens (including phenoxy) is 1. The lowest BCUT2D eigenvalue weighted by Gasteiger charge is -2.10. The number of alkyl halides is 1. The maximum Gasteiger partial charge on any atom is 0.128 e. The van der Waals surface area contributed by atoms with E-state index >= 15 is 0 Å². The summed E-state index contributed by atoms with van der Waals surface area (Å²) >= 11 is 2.44. The summed E-state index contributed by atoms with van der Waals surface area (Å²) in [6, 6.07) is 15.5. The van der Waals surface area contributed by atoms with Gasteiger partial charge in [0, 0.05) is 25.9 Å². The molecule has 2 aromatic rings. The topological polar surface area (TPSA) is 26.3 Å². The molecule has 0 spiro atoms. The molecule has 4 heteroatoms. The number of rotatable bonds is 5. The van der Waals surface area contributed by atoms with Gasteiger partial charge in [-0.15, -0.1) is 0 Å². The van der Waals surface area contributed by atoms with Gasteiger partial charge in [-0.1, -0.05) is 47.7 Å². The Bertz CT molecular complexity index is 596. The van der Waals surface area contributed by atoms with Crippen molar-refractivity contribution in [3.63, 3.8) is 0 Å². The van der Waals surface area contributed by atoms with E-state index in [1.54, 1.807) is 6.26 Å². The molecule has 0 N–H and O–H groups in total. The van der Waals surface area contributed by atoms with Crippen molar-refractivity contribution in [3.05, 3.63) is 54.1 Å². The highest BCUT2D eigenvalue weighted by Gasteiger charge is 2.05. The van der Waals surface area contributed by atoms with Crippen molar-refractivity contribution in [2.75, 3.05) is 6.26 Å². The van der Waals surface area contributed by atoms with Crippen molar-refractivity contribution >= 4 is 33.4 Å². The molecule has 0 aliphatic rings. The highest BCUT2D eigenvalue weighted by molar-refractivity contribution is 14.1. The van der Waals surface area contributed by atoms with E-state index in [4.69, 9.17) is 4.74 Å². The molecule has 0 aliphatic heterocycles. The first kappa shape index (κ1) is 15.5. The van der Waals surface area contributed by atoms with Crippen molar-refractivity contribution in [1.82, 2.24) is 0 Å². The van der Waals surface area contributed by atoms with Gasteiger partial charge in [0.05, 0.1) is 0 Å². The molecule has 2 rings (SSSR count). The number of hydrogen-bond donors (Lipinski definition) is 0. The molecule has 0 aromatic heterocycles. The average molecular weight is 400 g/mol. The van der Waals surface area contributed by atoms with Crippen LogP contribution in [-0.4, -0.2) is 10.5 Å². The summed E-state index contributed by atoms with van der Waals surface area (Å²) in [6.07, 6.45) is 2.78. The summed E-state index contributed by atoms with van der Waals surface area (Å²) in [7, 11) is -0.989. The Morgan fingerprint density at radius 3 is 2.45 bits per heavy atom. The third kappa shape index (κ3) is 4.06. The minimum absolute atomic E-state index is 0.535. The van der Waals surface area contributed by atoms with Gasteiger partial charge in [0.25, 0.3) is 0 Å². The molecule has 0 heterocycles. The maximum absolute atomic E-state index is 11.5. The fourth-order valence-electron chi connectivity index (χ4n) is 1.83. The molecule has 0 aliphatic carbocycles. The van der Waals surface area contributed by atoms with Crippen LogP contribution in [-0.2, 0) is 10.8 Å². The lowest BCUT2D eigenvalue weighted by Crippen LogP contribution is -1.90. The third-order valence-electron chi connectivity index (χ3n) is 2.97. The van der Waals surface area contributed by atoms with Gasteiger partial charge in [-0.25, -0.2) is 0 Å². The zero-order valence-corrected chi connectivity index (χ0v) is 14.5. The monoisotopic (exact) mass is 400 g/mol. The van der Waals surface area contributed by atoms with Crippen LogP contribution in [0.25, 0.3) is 0 Å². The normalized spacial score (nSPS) is 13.8. The first-order chi connectivity index (χ1) is 9.60. The second-order valence-corrected chi connectivity index (χ2v) is 7.36. The molecular weight excluding hydrogens is 383 g/mol. The lowest BCUT2D eigenvalue weighted by molar-refractivity contribution is 0.481. The molecule has 2 aromatic carbocycles. The number of hydrogen-bond acceptors (Lipinski definition) is 2. The van der Waals surface area contributed by atoms with Crippen LogP contribution in [0.2, 0.25) is 0 Å². The van der Waals surface area contributed by atoms with Crippen LogP contribution < -0.4 is 4.74 Å². The van der Waals surface area contributed by atoms with Crippen LogP contribution >= 0.6 is 22.6 Å². The van der Waals surface area contributed by atoms with Crippen LogP contribution in [0.1, 0.15) is 22.8 Å². The molecule has 0 fully saturated rings. The summed E-state index contributed by atoms with van der Waals surface area (Å²) < 4.78 is 17.8. The minimum Gasteiger partial charge on any atom is -0.457 e. The minimum atomic E-state index is -0.989. The molecule has 0 radical (unpaired) electrons. The van der Waals surface area contributed by atoms with Crippen LogP contribution in [0.5, 0.6) is 11.5 Å². The Morgan fingerprint density at radius 1 is 1.15 bits per heavy atom. The number of benzene rings is 2. The van der Waals surface area contributed by atoms with E-state index in [0.717, 1.165) is 17.1 Å². The van der Waals surface area contributed by atoms with Gasteiger partial charge in [0.15, 0.2) is 0 Å². The molecule has 20 heavy (non-hydrogen) atoms. The molecule has 2 unspecified atom stereocenters. The van der Waals surface area contributed by atoms with E-state index in [0.29, 0.717) is 9.67 Å². The fourth-order valence-corrected chi connectivity index (χ4v) is 2.80. The van der Waals surface area contributed by atoms with E-state index in [1.165, 1.54) is 5.56 Å². The second kappa shape index (κ2) is 7.22. The van der Waals surface area contributed by atoms with Crippen molar-refractivity contribution in [1.29, 1.82) is 0 Å². The summed E-state index contributed by atoms with van der Waals surface area (Å²) in [4.78, 5) is 0.775. The van der Waals surface area contributed by atoms with E-state index in [2.05, 4.69) is 41.6 Å². The largest absolute Gasteiger partial charge is 0.457 e. The highest BCUT2D eigenvalue weighted by Crippen LogP contribution is 2.29. The second-order valence-electron chi connectivity index (χ2n) is 4.48. The van der Waals surface area contributed by atoms with Gasteiger partial charge >= 0.3 is 0 Å². The van der Waals surface area contributed by atoms with Gasteiger partial charge in [-0.2, -0.15) is 0 Å². The van der Waals surface area contributed by atoms with E-state index in [-0.39, 0.29) is 0 Å². The Balaban J connectivity index is 2.14. The predicted molar refractivity (Wildman–Crippen MR) is 92.3 cm³/mol. The Labute approximate surface area is 136 Å². The molecular formula is C16H17IO2S. The molecule has 0 bridgehead atoms. The van der Waals surface area contributed by atoms with Gasteiger partial charge < -0.3 is 4.74 Å². The van der Waals surface area contributed by atoms with E-state index < -0.39 is 10.8 Å². The third-order valence-corrected chi connectivity index (χ3v) is 5.49. The van der Waals surface area contributed by atoms with Crippen LogP contribution in [0, 0.1) is 0 Å². The van der Waals surface area contributed by atoms with Crippen LogP contribution in [0.15, 0.2) is 53.4 Å². The van der Waals surface area contributed by atoms with Crippen molar-refractivity contribution < 1.29 is 8.95 Å². The average Bonchev–Trinajstić information content (AvgIpc) is 2.47. The smallest absolute Gasteiger partial charge is 0.128 e. The molecule has 0 saturated carbocycles. The highest BCUT2D eigenvalue weighted by atomic mass is 127. The first-order valence-electron chi connectivity index (χ1n) is 6.45. The maximum atomic E-state index is 11.5. The van der Waals surface area contributed by atoms with Crippen molar-refractivity contribution in [2.45, 2.75) is 22.2 Å². The van der Waals surface area contributed by atoms with Crippen LogP contribution in [0.4, 0.5) is 0 Å². The molecule has 2 atom stereocenters. The van der Waals surface area contributed by atoms with Crippen LogP contribution in [0.3, 0.4) is 0 Å². The zero-order chi connectivity index (χ0) is 14.5. The summed E-state index contributed by atoms with van der Waals surface area (Å²) in [5.74, 6) is 1.51. The van der Waals surface area contributed by atoms with E-state index in [9.17, 15) is 4.21 Å².